The molecule has 0 bridgehead atoms. The Bertz CT molecular complexity index is 398. The van der Waals surface area contributed by atoms with Crippen LogP contribution in [0.4, 0.5) is 5.69 Å². The predicted octanol–water partition coefficient (Wildman–Crippen LogP) is 3.48. The highest BCUT2D eigenvalue weighted by Crippen LogP contribution is 2.43. The summed E-state index contributed by atoms with van der Waals surface area (Å²) < 4.78 is 0. The van der Waals surface area contributed by atoms with E-state index in [-0.39, 0.29) is 0 Å². The fraction of sp³-hybridized carbons (Fsp3) is 0.600. The number of rotatable bonds is 0. The Morgan fingerprint density at radius 2 is 1.81 bits per heavy atom. The van der Waals surface area contributed by atoms with Crippen LogP contribution in [0.25, 0.3) is 0 Å². The van der Waals surface area contributed by atoms with Gasteiger partial charge in [-0.05, 0) is 43.2 Å². The van der Waals surface area contributed by atoms with Gasteiger partial charge in [0, 0.05) is 17.8 Å². The zero-order chi connectivity index (χ0) is 11.3. The van der Waals surface area contributed by atoms with Crippen molar-refractivity contribution in [1.82, 2.24) is 0 Å². The minimum Gasteiger partial charge on any atom is -0.365 e. The van der Waals surface area contributed by atoms with E-state index in [1.807, 2.05) is 0 Å². The molecule has 1 nitrogen and oxygen atoms in total. The highest BCUT2D eigenvalue weighted by molar-refractivity contribution is 5.60. The second kappa shape index (κ2) is 3.51. The van der Waals surface area contributed by atoms with Crippen LogP contribution in [0.3, 0.4) is 0 Å². The van der Waals surface area contributed by atoms with E-state index in [4.69, 9.17) is 0 Å². The highest BCUT2D eigenvalue weighted by Gasteiger charge is 2.41. The van der Waals surface area contributed by atoms with Crippen molar-refractivity contribution in [2.45, 2.75) is 45.7 Å². The van der Waals surface area contributed by atoms with Gasteiger partial charge in [0.05, 0.1) is 0 Å². The molecule has 0 unspecified atom stereocenters. The Kier molecular flexibility index (Phi) is 2.24. The maximum absolute atomic E-state index is 2.69. The molecule has 2 aliphatic heterocycles. The van der Waals surface area contributed by atoms with Crippen LogP contribution in [0.1, 0.15) is 32.8 Å². The van der Waals surface area contributed by atoms with Gasteiger partial charge in [-0.1, -0.05) is 32.0 Å². The van der Waals surface area contributed by atoms with Crippen LogP contribution in [-0.4, -0.2) is 12.1 Å². The summed E-state index contributed by atoms with van der Waals surface area (Å²) in [5.41, 5.74) is 3.05. The summed E-state index contributed by atoms with van der Waals surface area (Å²) in [6.45, 7) is 7.22. The second-order valence-corrected chi connectivity index (χ2v) is 5.74. The summed E-state index contributed by atoms with van der Waals surface area (Å²) in [7, 11) is 0. The molecule has 0 amide bonds. The summed E-state index contributed by atoms with van der Waals surface area (Å²) in [4.78, 5) is 2.69. The molecule has 2 aliphatic rings. The summed E-state index contributed by atoms with van der Waals surface area (Å²) in [6, 6.07) is 10.4. The van der Waals surface area contributed by atoms with E-state index in [0.29, 0.717) is 6.04 Å². The Hall–Kier alpha value is -0.980. The lowest BCUT2D eigenvalue weighted by Crippen LogP contribution is -2.51. The van der Waals surface area contributed by atoms with Gasteiger partial charge in [-0.25, -0.2) is 0 Å². The minimum atomic E-state index is 0.699. The largest absolute Gasteiger partial charge is 0.365 e. The molecule has 1 aromatic rings. The first kappa shape index (κ1) is 10.2. The van der Waals surface area contributed by atoms with Gasteiger partial charge in [0.1, 0.15) is 0 Å². The number of anilines is 1. The van der Waals surface area contributed by atoms with Gasteiger partial charge >= 0.3 is 0 Å². The van der Waals surface area contributed by atoms with Crippen molar-refractivity contribution in [2.24, 2.45) is 11.8 Å². The maximum atomic E-state index is 2.69. The molecular formula is C15H21N. The number of hydrogen-bond donors (Lipinski definition) is 0. The number of benzene rings is 1. The molecule has 16 heavy (non-hydrogen) atoms. The van der Waals surface area contributed by atoms with Gasteiger partial charge in [-0.2, -0.15) is 0 Å². The number of para-hydroxylation sites is 1. The summed E-state index contributed by atoms with van der Waals surface area (Å²) in [5.74, 6) is 1.65. The molecule has 86 valence electrons. The lowest BCUT2D eigenvalue weighted by molar-refractivity contribution is 0.245. The molecule has 0 saturated carbocycles. The van der Waals surface area contributed by atoms with E-state index < -0.39 is 0 Å². The number of piperidine rings is 1. The summed E-state index contributed by atoms with van der Waals surface area (Å²) in [5, 5.41) is 0. The quantitative estimate of drug-likeness (QED) is 0.640. The fourth-order valence-corrected chi connectivity index (χ4v) is 3.65. The van der Waals surface area contributed by atoms with E-state index in [1.54, 1.807) is 5.56 Å². The molecule has 0 radical (unpaired) electrons. The molecule has 4 atom stereocenters. The van der Waals surface area contributed by atoms with Crippen molar-refractivity contribution in [3.8, 4) is 0 Å². The van der Waals surface area contributed by atoms with Gasteiger partial charge in [0.2, 0.25) is 0 Å². The van der Waals surface area contributed by atoms with Crippen LogP contribution >= 0.6 is 0 Å². The van der Waals surface area contributed by atoms with Crippen molar-refractivity contribution < 1.29 is 0 Å². The molecule has 3 rings (SSSR count). The third-order valence-electron chi connectivity index (χ3n) is 4.72. The van der Waals surface area contributed by atoms with Gasteiger partial charge in [-0.3, -0.25) is 0 Å². The molecule has 0 spiro atoms. The van der Waals surface area contributed by atoms with E-state index in [2.05, 4.69) is 49.9 Å². The van der Waals surface area contributed by atoms with Crippen molar-refractivity contribution in [3.63, 3.8) is 0 Å². The number of hydrogen-bond acceptors (Lipinski definition) is 1. The third-order valence-corrected chi connectivity index (χ3v) is 4.72. The van der Waals surface area contributed by atoms with Gasteiger partial charge in [0.15, 0.2) is 0 Å². The first-order chi connectivity index (χ1) is 7.68. The molecule has 1 saturated heterocycles. The molecule has 2 heterocycles. The molecule has 1 fully saturated rings. The van der Waals surface area contributed by atoms with E-state index >= 15 is 0 Å². The molecule has 1 heteroatoms. The number of nitrogens with zero attached hydrogens (tertiary/aromatic N) is 1. The standard InChI is InChI=1S/C15H21N/c1-10-8-11(2)15-9-13-6-4-5-7-14(13)16(15)12(10)3/h4-7,10-12,15H,8-9H2,1-3H3/t10-,11+,12-,15+/m0/s1. The van der Waals surface area contributed by atoms with Crippen LogP contribution < -0.4 is 4.90 Å². The molecule has 0 aliphatic carbocycles. The minimum absolute atomic E-state index is 0.699. The molecule has 1 aromatic carbocycles. The van der Waals surface area contributed by atoms with Gasteiger partial charge in [0.25, 0.3) is 0 Å². The Balaban J connectivity index is 2.03. The van der Waals surface area contributed by atoms with Crippen LogP contribution in [0, 0.1) is 11.8 Å². The SMILES string of the molecule is C[C@@H]1C[C@H](C)[C@H](C)N2c3ccccc3C[C@H]12. The van der Waals surface area contributed by atoms with E-state index in [0.717, 1.165) is 17.9 Å². The maximum Gasteiger partial charge on any atom is 0.0404 e. The summed E-state index contributed by atoms with van der Waals surface area (Å²) in [6.07, 6.45) is 2.64. The van der Waals surface area contributed by atoms with Gasteiger partial charge in [-0.15, -0.1) is 0 Å². The zero-order valence-corrected chi connectivity index (χ0v) is 10.5. The second-order valence-electron chi connectivity index (χ2n) is 5.74. The Labute approximate surface area is 98.5 Å². The average molecular weight is 215 g/mol. The van der Waals surface area contributed by atoms with Crippen molar-refractivity contribution in [3.05, 3.63) is 29.8 Å². The molecular weight excluding hydrogens is 194 g/mol. The lowest BCUT2D eigenvalue weighted by atomic mass is 9.81. The summed E-state index contributed by atoms with van der Waals surface area (Å²) >= 11 is 0. The third kappa shape index (κ3) is 1.30. The number of fused-ring (bicyclic) bond motifs is 3. The van der Waals surface area contributed by atoms with Crippen molar-refractivity contribution in [1.29, 1.82) is 0 Å². The first-order valence-electron chi connectivity index (χ1n) is 6.54. The van der Waals surface area contributed by atoms with Crippen molar-refractivity contribution >= 4 is 5.69 Å². The topological polar surface area (TPSA) is 3.24 Å². The lowest BCUT2D eigenvalue weighted by Gasteiger charge is -2.45. The Morgan fingerprint density at radius 3 is 2.62 bits per heavy atom. The smallest absolute Gasteiger partial charge is 0.0404 e. The normalized spacial score (nSPS) is 37.1. The van der Waals surface area contributed by atoms with Crippen LogP contribution in [0.5, 0.6) is 0 Å². The van der Waals surface area contributed by atoms with E-state index in [1.165, 1.54) is 18.5 Å². The highest BCUT2D eigenvalue weighted by atomic mass is 15.2. The van der Waals surface area contributed by atoms with Crippen LogP contribution in [-0.2, 0) is 6.42 Å². The van der Waals surface area contributed by atoms with Crippen molar-refractivity contribution in [2.75, 3.05) is 4.90 Å². The average Bonchev–Trinajstić information content (AvgIpc) is 2.66. The first-order valence-corrected chi connectivity index (χ1v) is 6.54. The zero-order valence-electron chi connectivity index (χ0n) is 10.5. The molecule has 0 N–H and O–H groups in total. The van der Waals surface area contributed by atoms with Crippen LogP contribution in [0.15, 0.2) is 24.3 Å². The molecule has 0 aromatic heterocycles. The van der Waals surface area contributed by atoms with Crippen LogP contribution in [0.2, 0.25) is 0 Å². The van der Waals surface area contributed by atoms with E-state index in [9.17, 15) is 0 Å². The predicted molar refractivity (Wildman–Crippen MR) is 68.8 cm³/mol. The van der Waals surface area contributed by atoms with Gasteiger partial charge < -0.3 is 4.90 Å². The monoisotopic (exact) mass is 215 g/mol. The fourth-order valence-electron chi connectivity index (χ4n) is 3.65. The Morgan fingerprint density at radius 1 is 1.06 bits per heavy atom.